The molecule has 0 radical (unpaired) electrons. The maximum atomic E-state index is 11.6. The number of likely N-dealkylation sites (tertiary alicyclic amines) is 1. The van der Waals surface area contributed by atoms with Crippen LogP contribution in [0.2, 0.25) is 0 Å². The molecular formula is C34H42N4O3. The van der Waals surface area contributed by atoms with Crippen LogP contribution in [0.5, 0.6) is 5.75 Å². The smallest absolute Gasteiger partial charge is 0.306 e. The fraction of sp³-hybridized carbons (Fsp3) is 0.441. The summed E-state index contributed by atoms with van der Waals surface area (Å²) >= 11 is 0. The highest BCUT2D eigenvalue weighted by Crippen LogP contribution is 2.36. The molecule has 1 saturated heterocycles. The Morgan fingerprint density at radius 2 is 1.83 bits per heavy atom. The number of benzene rings is 2. The molecule has 5 rings (SSSR count). The molecule has 0 aliphatic carbocycles. The summed E-state index contributed by atoms with van der Waals surface area (Å²) in [5.74, 6) is 0.703. The summed E-state index contributed by atoms with van der Waals surface area (Å²) < 4.78 is 6.49. The highest BCUT2D eigenvalue weighted by Gasteiger charge is 2.26. The van der Waals surface area contributed by atoms with Crippen LogP contribution in [0.4, 0.5) is 0 Å². The van der Waals surface area contributed by atoms with E-state index in [0.717, 1.165) is 64.4 Å². The van der Waals surface area contributed by atoms with Crippen molar-refractivity contribution in [2.24, 2.45) is 5.92 Å². The highest BCUT2D eigenvalue weighted by molar-refractivity contribution is 5.95. The quantitative estimate of drug-likeness (QED) is 0.225. The summed E-state index contributed by atoms with van der Waals surface area (Å²) in [6.07, 6.45) is 3.24. The standard InChI is InChI=1S/C34H42N4O3/c1-20(2)25-8-7-22(5)32(16-25)41-19-29-23(6)36-31(15-26(29)18-38-13-11-24(12-14-38)34(39)40)33-27(21(3)4)9-10-30-28(33)17-35-37-30/h7-10,15-17,20-21,24H,11-14,18-19H2,1-6H3,(H,35,37)(H,39,40). The van der Waals surface area contributed by atoms with Crippen molar-refractivity contribution in [3.05, 3.63) is 76.1 Å². The number of ether oxygens (including phenoxy) is 1. The van der Waals surface area contributed by atoms with Gasteiger partial charge in [-0.25, -0.2) is 0 Å². The first kappa shape index (κ1) is 28.8. The largest absolute Gasteiger partial charge is 0.489 e. The minimum Gasteiger partial charge on any atom is -0.489 e. The van der Waals surface area contributed by atoms with Crippen LogP contribution in [-0.4, -0.2) is 44.2 Å². The van der Waals surface area contributed by atoms with E-state index in [2.05, 4.69) is 93.0 Å². The zero-order chi connectivity index (χ0) is 29.3. The normalized spacial score (nSPS) is 14.8. The molecule has 0 saturated carbocycles. The van der Waals surface area contributed by atoms with Gasteiger partial charge >= 0.3 is 5.97 Å². The molecule has 216 valence electrons. The third kappa shape index (κ3) is 6.15. The molecule has 0 spiro atoms. The average molecular weight is 555 g/mol. The number of carbonyl (C=O) groups is 1. The molecule has 3 heterocycles. The van der Waals surface area contributed by atoms with Gasteiger partial charge in [-0.1, -0.05) is 45.9 Å². The van der Waals surface area contributed by atoms with Gasteiger partial charge in [0.15, 0.2) is 0 Å². The van der Waals surface area contributed by atoms with E-state index >= 15 is 0 Å². The van der Waals surface area contributed by atoms with Crippen LogP contribution in [-0.2, 0) is 17.9 Å². The Morgan fingerprint density at radius 3 is 2.51 bits per heavy atom. The predicted molar refractivity (Wildman–Crippen MR) is 163 cm³/mol. The molecule has 2 aromatic heterocycles. The highest BCUT2D eigenvalue weighted by atomic mass is 16.5. The number of fused-ring (bicyclic) bond motifs is 1. The molecule has 0 amide bonds. The topological polar surface area (TPSA) is 91.3 Å². The summed E-state index contributed by atoms with van der Waals surface area (Å²) in [6, 6.07) is 12.9. The molecule has 1 aliphatic rings. The molecule has 2 aromatic carbocycles. The number of piperidine rings is 1. The van der Waals surface area contributed by atoms with Gasteiger partial charge in [0, 0.05) is 28.8 Å². The minimum absolute atomic E-state index is 0.257. The maximum Gasteiger partial charge on any atom is 0.306 e. The van der Waals surface area contributed by atoms with Gasteiger partial charge in [-0.2, -0.15) is 5.10 Å². The molecule has 0 bridgehead atoms. The van der Waals surface area contributed by atoms with Gasteiger partial charge in [0.05, 0.1) is 23.3 Å². The van der Waals surface area contributed by atoms with Crippen LogP contribution < -0.4 is 4.74 Å². The molecule has 0 atom stereocenters. The number of hydrogen-bond donors (Lipinski definition) is 2. The molecule has 2 N–H and O–H groups in total. The Hall–Kier alpha value is -3.71. The van der Waals surface area contributed by atoms with Gasteiger partial charge in [0.1, 0.15) is 12.4 Å². The summed E-state index contributed by atoms with van der Waals surface area (Å²) in [4.78, 5) is 19.1. The summed E-state index contributed by atoms with van der Waals surface area (Å²) in [5, 5.41) is 18.0. The SMILES string of the molecule is Cc1ccc(C(C)C)cc1OCc1c(CN2CCC(C(=O)O)CC2)cc(-c2c(C(C)C)ccc3[nH]ncc23)nc1C. The van der Waals surface area contributed by atoms with E-state index in [0.29, 0.717) is 31.3 Å². The van der Waals surface area contributed by atoms with E-state index in [4.69, 9.17) is 9.72 Å². The summed E-state index contributed by atoms with van der Waals surface area (Å²) in [5.41, 5.74) is 9.88. The van der Waals surface area contributed by atoms with Gasteiger partial charge in [0.25, 0.3) is 0 Å². The second-order valence-corrected chi connectivity index (χ2v) is 12.1. The molecule has 41 heavy (non-hydrogen) atoms. The fourth-order valence-electron chi connectivity index (χ4n) is 5.89. The minimum atomic E-state index is -0.686. The van der Waals surface area contributed by atoms with E-state index in [1.807, 2.05) is 6.20 Å². The van der Waals surface area contributed by atoms with Crippen molar-refractivity contribution in [3.8, 4) is 17.0 Å². The van der Waals surface area contributed by atoms with Crippen LogP contribution in [0, 0.1) is 19.8 Å². The lowest BCUT2D eigenvalue weighted by atomic mass is 9.91. The third-order valence-electron chi connectivity index (χ3n) is 8.54. The average Bonchev–Trinajstić information content (AvgIpc) is 3.42. The van der Waals surface area contributed by atoms with E-state index in [1.165, 1.54) is 16.7 Å². The number of aromatic amines is 1. The van der Waals surface area contributed by atoms with Crippen molar-refractivity contribution in [2.45, 2.75) is 79.4 Å². The van der Waals surface area contributed by atoms with Crippen LogP contribution in [0.1, 0.15) is 85.9 Å². The molecule has 1 aliphatic heterocycles. The number of H-pyrrole nitrogens is 1. The number of hydrogen-bond acceptors (Lipinski definition) is 5. The Bertz CT molecular complexity index is 1550. The van der Waals surface area contributed by atoms with Gasteiger partial charge in [-0.15, -0.1) is 0 Å². The number of carboxylic acids is 1. The second-order valence-electron chi connectivity index (χ2n) is 12.1. The third-order valence-corrected chi connectivity index (χ3v) is 8.54. The number of aromatic nitrogens is 3. The monoisotopic (exact) mass is 554 g/mol. The predicted octanol–water partition coefficient (Wildman–Crippen LogP) is 7.36. The number of pyridine rings is 1. The Morgan fingerprint density at radius 1 is 1.07 bits per heavy atom. The van der Waals surface area contributed by atoms with Crippen molar-refractivity contribution in [3.63, 3.8) is 0 Å². The molecule has 7 heteroatoms. The fourth-order valence-corrected chi connectivity index (χ4v) is 5.89. The van der Waals surface area contributed by atoms with Crippen LogP contribution in [0.25, 0.3) is 22.2 Å². The van der Waals surface area contributed by atoms with Gasteiger partial charge in [-0.05, 0) is 92.1 Å². The van der Waals surface area contributed by atoms with Crippen molar-refractivity contribution in [1.29, 1.82) is 0 Å². The Balaban J connectivity index is 1.54. The maximum absolute atomic E-state index is 11.6. The number of rotatable bonds is 9. The van der Waals surface area contributed by atoms with Crippen molar-refractivity contribution in [1.82, 2.24) is 20.1 Å². The summed E-state index contributed by atoms with van der Waals surface area (Å²) in [7, 11) is 0. The van der Waals surface area contributed by atoms with Crippen LogP contribution in [0.15, 0.2) is 42.6 Å². The summed E-state index contributed by atoms with van der Waals surface area (Å²) in [6.45, 7) is 15.6. The first-order valence-corrected chi connectivity index (χ1v) is 14.8. The first-order chi connectivity index (χ1) is 19.6. The zero-order valence-electron chi connectivity index (χ0n) is 25.1. The van der Waals surface area contributed by atoms with Gasteiger partial charge in [0.2, 0.25) is 0 Å². The number of nitrogens with one attached hydrogen (secondary N) is 1. The second kappa shape index (κ2) is 12.0. The van der Waals surface area contributed by atoms with Gasteiger partial charge < -0.3 is 9.84 Å². The number of carboxylic acid groups (broad SMARTS) is 1. The number of aryl methyl sites for hydroxylation is 2. The van der Waals surface area contributed by atoms with E-state index in [1.54, 1.807) is 0 Å². The van der Waals surface area contributed by atoms with Crippen molar-refractivity contribution < 1.29 is 14.6 Å². The van der Waals surface area contributed by atoms with Gasteiger partial charge in [-0.3, -0.25) is 19.8 Å². The van der Waals surface area contributed by atoms with Crippen molar-refractivity contribution in [2.75, 3.05) is 13.1 Å². The zero-order valence-corrected chi connectivity index (χ0v) is 25.1. The molecular weight excluding hydrogens is 512 g/mol. The lowest BCUT2D eigenvalue weighted by molar-refractivity contribution is -0.143. The lowest BCUT2D eigenvalue weighted by Crippen LogP contribution is -2.36. The van der Waals surface area contributed by atoms with E-state index < -0.39 is 5.97 Å². The molecule has 4 aromatic rings. The molecule has 7 nitrogen and oxygen atoms in total. The number of nitrogens with zero attached hydrogens (tertiary/aromatic N) is 3. The molecule has 0 unspecified atom stereocenters. The Labute approximate surface area is 243 Å². The lowest BCUT2D eigenvalue weighted by Gasteiger charge is -2.31. The Kier molecular flexibility index (Phi) is 8.45. The molecule has 1 fully saturated rings. The number of aliphatic carboxylic acids is 1. The van der Waals surface area contributed by atoms with Crippen molar-refractivity contribution >= 4 is 16.9 Å². The van der Waals surface area contributed by atoms with E-state index in [9.17, 15) is 9.90 Å². The van der Waals surface area contributed by atoms with E-state index in [-0.39, 0.29) is 5.92 Å². The first-order valence-electron chi connectivity index (χ1n) is 14.8. The van der Waals surface area contributed by atoms with Crippen LogP contribution >= 0.6 is 0 Å². The van der Waals surface area contributed by atoms with Crippen LogP contribution in [0.3, 0.4) is 0 Å².